The quantitative estimate of drug-likeness (QED) is 0.799. The predicted molar refractivity (Wildman–Crippen MR) is 68.3 cm³/mol. The van der Waals surface area contributed by atoms with Crippen molar-refractivity contribution in [2.45, 2.75) is 30.9 Å². The van der Waals surface area contributed by atoms with Crippen LogP contribution >= 0.6 is 11.6 Å². The molecule has 18 heavy (non-hydrogen) atoms. The summed E-state index contributed by atoms with van der Waals surface area (Å²) in [6.07, 6.45) is 2.24. The molecule has 1 fully saturated rings. The Morgan fingerprint density at radius 1 is 1.50 bits per heavy atom. The molecule has 0 bridgehead atoms. The maximum absolute atomic E-state index is 13.2. The van der Waals surface area contributed by atoms with Crippen LogP contribution in [-0.4, -0.2) is 22.8 Å². The van der Waals surface area contributed by atoms with Gasteiger partial charge in [0.15, 0.2) is 0 Å². The zero-order chi connectivity index (χ0) is 12.7. The molecule has 0 N–H and O–H groups in total. The third-order valence-electron chi connectivity index (χ3n) is 3.61. The molecule has 0 aliphatic heterocycles. The number of hydrogen-bond acceptors (Lipinski definition) is 2. The van der Waals surface area contributed by atoms with Crippen molar-refractivity contribution in [1.82, 2.24) is 9.55 Å². The lowest BCUT2D eigenvalue weighted by atomic mass is 9.89. The number of rotatable bonds is 3. The lowest BCUT2D eigenvalue weighted by Gasteiger charge is -2.36. The van der Waals surface area contributed by atoms with Crippen LogP contribution in [0.25, 0.3) is 11.0 Å². The fourth-order valence-corrected chi connectivity index (χ4v) is 2.75. The van der Waals surface area contributed by atoms with Crippen LogP contribution in [0.1, 0.15) is 24.7 Å². The molecular weight excluding hydrogens is 255 g/mol. The number of benzene rings is 1. The molecule has 1 aromatic carbocycles. The van der Waals surface area contributed by atoms with Gasteiger partial charge < -0.3 is 9.30 Å². The second-order valence-electron chi connectivity index (χ2n) is 4.65. The molecule has 3 nitrogen and oxygen atoms in total. The molecule has 0 unspecified atom stereocenters. The second kappa shape index (κ2) is 4.52. The number of ether oxygens (including phenoxy) is 1. The zero-order valence-corrected chi connectivity index (χ0v) is 10.8. The van der Waals surface area contributed by atoms with Gasteiger partial charge in [-0.15, -0.1) is 11.6 Å². The van der Waals surface area contributed by atoms with Gasteiger partial charge in [0.1, 0.15) is 11.6 Å². The third kappa shape index (κ3) is 1.80. The van der Waals surface area contributed by atoms with Crippen LogP contribution in [0, 0.1) is 5.82 Å². The van der Waals surface area contributed by atoms with E-state index < -0.39 is 0 Å². The van der Waals surface area contributed by atoms with E-state index in [1.165, 1.54) is 12.1 Å². The first-order valence-corrected chi connectivity index (χ1v) is 6.51. The number of nitrogens with zero attached hydrogens (tertiary/aromatic N) is 2. The van der Waals surface area contributed by atoms with Crippen molar-refractivity contribution in [2.75, 3.05) is 7.11 Å². The van der Waals surface area contributed by atoms with Crippen LogP contribution in [0.2, 0.25) is 0 Å². The number of alkyl halides is 1. The highest BCUT2D eigenvalue weighted by Gasteiger charge is 2.32. The Morgan fingerprint density at radius 3 is 2.94 bits per heavy atom. The summed E-state index contributed by atoms with van der Waals surface area (Å²) >= 11 is 5.93. The molecule has 0 saturated heterocycles. The fourth-order valence-electron chi connectivity index (χ4n) is 2.56. The summed E-state index contributed by atoms with van der Waals surface area (Å²) in [4.78, 5) is 4.40. The molecule has 0 atom stereocenters. The summed E-state index contributed by atoms with van der Waals surface area (Å²) in [5.41, 5.74) is 1.62. The maximum atomic E-state index is 13.2. The normalized spacial score (nSPS) is 23.3. The Kier molecular flexibility index (Phi) is 2.99. The van der Waals surface area contributed by atoms with Gasteiger partial charge in [0.25, 0.3) is 0 Å². The van der Waals surface area contributed by atoms with Crippen LogP contribution in [0.5, 0.6) is 0 Å². The molecule has 2 aromatic rings. The van der Waals surface area contributed by atoms with Gasteiger partial charge in [-0.3, -0.25) is 0 Å². The molecule has 1 aliphatic rings. The van der Waals surface area contributed by atoms with E-state index in [0.717, 1.165) is 24.2 Å². The molecule has 0 amide bonds. The summed E-state index contributed by atoms with van der Waals surface area (Å²) in [6.45, 7) is 0. The van der Waals surface area contributed by atoms with Gasteiger partial charge in [-0.05, 0) is 25.0 Å². The van der Waals surface area contributed by atoms with Crippen molar-refractivity contribution >= 4 is 22.6 Å². The Balaban J connectivity index is 2.04. The minimum absolute atomic E-state index is 0.267. The van der Waals surface area contributed by atoms with Gasteiger partial charge in [0, 0.05) is 19.2 Å². The highest BCUT2D eigenvalue weighted by atomic mass is 35.5. The Labute approximate surface area is 110 Å². The van der Waals surface area contributed by atoms with Crippen molar-refractivity contribution in [2.24, 2.45) is 0 Å². The molecule has 0 radical (unpaired) electrons. The van der Waals surface area contributed by atoms with Gasteiger partial charge in [-0.2, -0.15) is 0 Å². The van der Waals surface area contributed by atoms with Crippen molar-refractivity contribution in [3.05, 3.63) is 29.8 Å². The van der Waals surface area contributed by atoms with Crippen LogP contribution < -0.4 is 0 Å². The molecule has 1 aromatic heterocycles. The van der Waals surface area contributed by atoms with Gasteiger partial charge >= 0.3 is 0 Å². The van der Waals surface area contributed by atoms with E-state index in [1.807, 2.05) is 0 Å². The average Bonchev–Trinajstić information content (AvgIpc) is 2.66. The summed E-state index contributed by atoms with van der Waals surface area (Å²) in [6, 6.07) is 5.05. The topological polar surface area (TPSA) is 27.1 Å². The van der Waals surface area contributed by atoms with Gasteiger partial charge in [-0.1, -0.05) is 0 Å². The van der Waals surface area contributed by atoms with E-state index in [9.17, 15) is 4.39 Å². The molecule has 1 aliphatic carbocycles. The third-order valence-corrected chi connectivity index (χ3v) is 3.85. The Hall–Kier alpha value is -1.13. The molecule has 3 rings (SSSR count). The van der Waals surface area contributed by atoms with Gasteiger partial charge in [0.2, 0.25) is 0 Å². The number of fused-ring (bicyclic) bond motifs is 1. The summed E-state index contributed by atoms with van der Waals surface area (Å²) < 4.78 is 20.6. The maximum Gasteiger partial charge on any atom is 0.125 e. The van der Waals surface area contributed by atoms with E-state index >= 15 is 0 Å². The SMILES string of the molecule is COC1CC(n2c(CCl)nc3cc(F)ccc32)C1. The van der Waals surface area contributed by atoms with Crippen LogP contribution in [-0.2, 0) is 10.6 Å². The highest BCUT2D eigenvalue weighted by molar-refractivity contribution is 6.16. The summed E-state index contributed by atoms with van der Waals surface area (Å²) in [5.74, 6) is 0.873. The average molecular weight is 269 g/mol. The van der Waals surface area contributed by atoms with E-state index in [2.05, 4.69) is 9.55 Å². The fraction of sp³-hybridized carbons (Fsp3) is 0.462. The number of methoxy groups -OCH3 is 1. The van der Waals surface area contributed by atoms with E-state index in [0.29, 0.717) is 23.5 Å². The minimum atomic E-state index is -0.267. The molecule has 1 saturated carbocycles. The van der Waals surface area contributed by atoms with Gasteiger partial charge in [0.05, 0.1) is 23.0 Å². The number of imidazole rings is 1. The van der Waals surface area contributed by atoms with Crippen molar-refractivity contribution in [3.63, 3.8) is 0 Å². The highest BCUT2D eigenvalue weighted by Crippen LogP contribution is 2.37. The molecule has 1 heterocycles. The smallest absolute Gasteiger partial charge is 0.125 e. The number of halogens is 2. The van der Waals surface area contributed by atoms with Crippen LogP contribution in [0.3, 0.4) is 0 Å². The van der Waals surface area contributed by atoms with Crippen molar-refractivity contribution in [3.8, 4) is 0 Å². The number of aromatic nitrogens is 2. The molecule has 0 spiro atoms. The first-order valence-electron chi connectivity index (χ1n) is 5.98. The first-order chi connectivity index (χ1) is 8.72. The van der Waals surface area contributed by atoms with Crippen molar-refractivity contribution < 1.29 is 9.13 Å². The largest absolute Gasteiger partial charge is 0.381 e. The molecule has 5 heteroatoms. The zero-order valence-electron chi connectivity index (χ0n) is 10.1. The van der Waals surface area contributed by atoms with E-state index in [1.54, 1.807) is 13.2 Å². The first kappa shape index (κ1) is 11.9. The van der Waals surface area contributed by atoms with Crippen LogP contribution in [0.15, 0.2) is 18.2 Å². The Morgan fingerprint density at radius 2 is 2.28 bits per heavy atom. The Bertz CT molecular complexity index is 578. The van der Waals surface area contributed by atoms with Crippen LogP contribution in [0.4, 0.5) is 4.39 Å². The molecular formula is C13H14ClFN2O. The lowest BCUT2D eigenvalue weighted by Crippen LogP contribution is -2.33. The lowest BCUT2D eigenvalue weighted by molar-refractivity contribution is 0.00675. The minimum Gasteiger partial charge on any atom is -0.381 e. The predicted octanol–water partition coefficient (Wildman–Crippen LogP) is 3.26. The van der Waals surface area contributed by atoms with Crippen molar-refractivity contribution in [1.29, 1.82) is 0 Å². The summed E-state index contributed by atoms with van der Waals surface area (Å²) in [5, 5.41) is 0. The van der Waals surface area contributed by atoms with E-state index in [-0.39, 0.29) is 5.82 Å². The number of hydrogen-bond donors (Lipinski definition) is 0. The second-order valence-corrected chi connectivity index (χ2v) is 4.91. The van der Waals surface area contributed by atoms with Gasteiger partial charge in [-0.25, -0.2) is 9.37 Å². The van der Waals surface area contributed by atoms with E-state index in [4.69, 9.17) is 16.3 Å². The summed E-state index contributed by atoms with van der Waals surface area (Å²) in [7, 11) is 1.73. The molecule has 96 valence electrons. The standard InChI is InChI=1S/C13H14ClFN2O/c1-18-10-5-9(6-10)17-12-3-2-8(15)4-11(12)16-13(17)7-14/h2-4,9-10H,5-7H2,1H3. The monoisotopic (exact) mass is 268 g/mol.